The second kappa shape index (κ2) is 6.10. The molecule has 0 saturated carbocycles. The summed E-state index contributed by atoms with van der Waals surface area (Å²) in [7, 11) is 0. The van der Waals surface area contributed by atoms with E-state index in [2.05, 4.69) is 21.2 Å². The van der Waals surface area contributed by atoms with Gasteiger partial charge in [0.25, 0.3) is 0 Å². The van der Waals surface area contributed by atoms with Crippen LogP contribution in [0.25, 0.3) is 0 Å². The molecule has 0 heterocycles. The summed E-state index contributed by atoms with van der Waals surface area (Å²) in [4.78, 5) is 10.5. The van der Waals surface area contributed by atoms with Gasteiger partial charge in [-0.2, -0.15) is 13.2 Å². The molecule has 0 aromatic heterocycles. The van der Waals surface area contributed by atoms with Crippen LogP contribution in [0.3, 0.4) is 0 Å². The molecule has 1 rings (SSSR count). The lowest BCUT2D eigenvalue weighted by atomic mass is 10.2. The largest absolute Gasteiger partial charge is 0.478 e. The fourth-order valence-electron chi connectivity index (χ4n) is 1.26. The van der Waals surface area contributed by atoms with Crippen LogP contribution in [-0.2, 0) is 11.0 Å². The summed E-state index contributed by atoms with van der Waals surface area (Å²) in [6, 6.07) is 3.73. The van der Waals surface area contributed by atoms with Gasteiger partial charge in [-0.25, -0.2) is 4.79 Å². The lowest BCUT2D eigenvalue weighted by Gasteiger charge is -2.11. The van der Waals surface area contributed by atoms with Gasteiger partial charge in [-0.1, -0.05) is 22.0 Å². The van der Waals surface area contributed by atoms with Crippen LogP contribution >= 0.6 is 15.9 Å². The van der Waals surface area contributed by atoms with Crippen LogP contribution in [-0.4, -0.2) is 17.6 Å². The predicted octanol–water partition coefficient (Wildman–Crippen LogP) is 3.91. The number of hydrogen-bond acceptors (Lipinski definition) is 2. The van der Waals surface area contributed by atoms with Crippen molar-refractivity contribution in [1.29, 1.82) is 0 Å². The lowest BCUT2D eigenvalue weighted by molar-refractivity contribution is -0.138. The fraction of sp³-hybridized carbons (Fsp3) is 0.250. The maximum absolute atomic E-state index is 12.6. The van der Waals surface area contributed by atoms with Crippen LogP contribution in [0.15, 0.2) is 34.3 Å². The summed E-state index contributed by atoms with van der Waals surface area (Å²) < 4.78 is 37.9. The molecule has 0 fully saturated rings. The van der Waals surface area contributed by atoms with Crippen molar-refractivity contribution in [2.45, 2.75) is 13.1 Å². The Morgan fingerprint density at radius 1 is 1.47 bits per heavy atom. The van der Waals surface area contributed by atoms with Crippen molar-refractivity contribution in [2.75, 3.05) is 11.9 Å². The highest BCUT2D eigenvalue weighted by atomic mass is 79.9. The molecule has 19 heavy (non-hydrogen) atoms. The second-order valence-corrected chi connectivity index (χ2v) is 4.62. The molecular formula is C12H11BrF3NO2. The molecular weight excluding hydrogens is 327 g/mol. The van der Waals surface area contributed by atoms with Crippen molar-refractivity contribution >= 4 is 27.6 Å². The number of carboxylic acid groups (broad SMARTS) is 1. The minimum Gasteiger partial charge on any atom is -0.478 e. The van der Waals surface area contributed by atoms with Crippen molar-refractivity contribution in [2.24, 2.45) is 0 Å². The topological polar surface area (TPSA) is 49.3 Å². The Hall–Kier alpha value is -1.50. The Bertz CT molecular complexity index is 512. The van der Waals surface area contributed by atoms with Crippen LogP contribution in [0.4, 0.5) is 18.9 Å². The first-order chi connectivity index (χ1) is 8.71. The zero-order valence-electron chi connectivity index (χ0n) is 9.88. The maximum atomic E-state index is 12.6. The predicted molar refractivity (Wildman–Crippen MR) is 69.0 cm³/mol. The molecule has 2 N–H and O–H groups in total. The number of anilines is 1. The van der Waals surface area contributed by atoms with Gasteiger partial charge in [0.1, 0.15) is 0 Å². The van der Waals surface area contributed by atoms with Crippen molar-refractivity contribution < 1.29 is 23.1 Å². The van der Waals surface area contributed by atoms with Gasteiger partial charge in [0.15, 0.2) is 0 Å². The third-order valence-corrected chi connectivity index (χ3v) is 3.02. The van der Waals surface area contributed by atoms with Gasteiger partial charge in [0, 0.05) is 22.3 Å². The first-order valence-electron chi connectivity index (χ1n) is 5.22. The number of carboxylic acids is 1. The summed E-state index contributed by atoms with van der Waals surface area (Å²) in [5, 5.41) is 11.3. The summed E-state index contributed by atoms with van der Waals surface area (Å²) in [6.07, 6.45) is -3.05. The van der Waals surface area contributed by atoms with E-state index >= 15 is 0 Å². The third kappa shape index (κ3) is 4.59. The first kappa shape index (κ1) is 15.6. The Labute approximate surface area is 116 Å². The van der Waals surface area contributed by atoms with Gasteiger partial charge in [0.2, 0.25) is 0 Å². The molecule has 0 atom stereocenters. The molecule has 3 nitrogen and oxygen atoms in total. The van der Waals surface area contributed by atoms with Gasteiger partial charge in [-0.3, -0.25) is 0 Å². The molecule has 0 unspecified atom stereocenters. The number of benzene rings is 1. The molecule has 0 bridgehead atoms. The quantitative estimate of drug-likeness (QED) is 0.819. The number of halogens is 4. The molecule has 0 aliphatic heterocycles. The van der Waals surface area contributed by atoms with Gasteiger partial charge in [0.05, 0.1) is 5.56 Å². The van der Waals surface area contributed by atoms with E-state index in [0.29, 0.717) is 0 Å². The monoisotopic (exact) mass is 337 g/mol. The van der Waals surface area contributed by atoms with Crippen LogP contribution in [0.1, 0.15) is 12.5 Å². The minimum absolute atomic E-state index is 0.0391. The van der Waals surface area contributed by atoms with Crippen LogP contribution in [0, 0.1) is 0 Å². The molecule has 0 amide bonds. The van der Waals surface area contributed by atoms with Gasteiger partial charge in [-0.15, -0.1) is 0 Å². The Morgan fingerprint density at radius 3 is 2.63 bits per heavy atom. The van der Waals surface area contributed by atoms with Crippen LogP contribution < -0.4 is 5.32 Å². The minimum atomic E-state index is -4.44. The lowest BCUT2D eigenvalue weighted by Crippen LogP contribution is -2.08. The van der Waals surface area contributed by atoms with Crippen molar-refractivity contribution in [3.63, 3.8) is 0 Å². The number of nitrogens with one attached hydrogen (secondary N) is 1. The Balaban J connectivity index is 2.82. The molecule has 1 aromatic carbocycles. The van der Waals surface area contributed by atoms with E-state index < -0.39 is 17.7 Å². The number of carbonyl (C=O) groups is 1. The van der Waals surface area contributed by atoms with E-state index in [1.807, 2.05) is 0 Å². The summed E-state index contributed by atoms with van der Waals surface area (Å²) >= 11 is 2.84. The second-order valence-electron chi connectivity index (χ2n) is 3.77. The molecule has 0 spiro atoms. The number of aliphatic carboxylic acids is 1. The SMILES string of the molecule is C/C(=C/CNc1ccc(Br)c(C(F)(F)F)c1)C(=O)O. The molecule has 0 radical (unpaired) electrons. The average Bonchev–Trinajstić information content (AvgIpc) is 2.29. The highest BCUT2D eigenvalue weighted by Crippen LogP contribution is 2.36. The van der Waals surface area contributed by atoms with E-state index in [-0.39, 0.29) is 22.3 Å². The van der Waals surface area contributed by atoms with E-state index in [9.17, 15) is 18.0 Å². The number of alkyl halides is 3. The third-order valence-electron chi connectivity index (χ3n) is 2.32. The molecule has 0 aliphatic rings. The van der Waals surface area contributed by atoms with E-state index in [4.69, 9.17) is 5.11 Å². The molecule has 104 valence electrons. The maximum Gasteiger partial charge on any atom is 0.417 e. The van der Waals surface area contributed by atoms with E-state index in [0.717, 1.165) is 6.07 Å². The molecule has 0 saturated heterocycles. The highest BCUT2D eigenvalue weighted by molar-refractivity contribution is 9.10. The smallest absolute Gasteiger partial charge is 0.417 e. The molecule has 7 heteroatoms. The number of rotatable bonds is 4. The fourth-order valence-corrected chi connectivity index (χ4v) is 1.73. The van der Waals surface area contributed by atoms with Crippen molar-refractivity contribution in [3.05, 3.63) is 39.9 Å². The highest BCUT2D eigenvalue weighted by Gasteiger charge is 2.33. The van der Waals surface area contributed by atoms with Crippen molar-refractivity contribution in [3.8, 4) is 0 Å². The summed E-state index contributed by atoms with van der Waals surface area (Å²) in [5.41, 5.74) is -0.387. The zero-order chi connectivity index (χ0) is 14.6. The van der Waals surface area contributed by atoms with E-state index in [1.165, 1.54) is 25.1 Å². The molecule has 0 aliphatic carbocycles. The zero-order valence-corrected chi connectivity index (χ0v) is 11.5. The normalized spacial score (nSPS) is 12.4. The van der Waals surface area contributed by atoms with Crippen LogP contribution in [0.2, 0.25) is 0 Å². The van der Waals surface area contributed by atoms with Gasteiger partial charge in [-0.05, 0) is 25.1 Å². The van der Waals surface area contributed by atoms with Gasteiger partial charge < -0.3 is 10.4 Å². The Kier molecular flexibility index (Phi) is 4.99. The molecule has 1 aromatic rings. The number of hydrogen-bond donors (Lipinski definition) is 2. The average molecular weight is 338 g/mol. The Morgan fingerprint density at radius 2 is 2.11 bits per heavy atom. The standard InChI is InChI=1S/C12H11BrF3NO2/c1-7(11(18)19)4-5-17-8-2-3-10(13)9(6-8)12(14,15)16/h2-4,6,17H,5H2,1H3,(H,18,19)/b7-4-. The summed E-state index contributed by atoms with van der Waals surface area (Å²) in [5.74, 6) is -1.06. The summed E-state index contributed by atoms with van der Waals surface area (Å²) in [6.45, 7) is 1.55. The van der Waals surface area contributed by atoms with Crippen molar-refractivity contribution in [1.82, 2.24) is 0 Å². The van der Waals surface area contributed by atoms with Gasteiger partial charge >= 0.3 is 12.1 Å². The van der Waals surface area contributed by atoms with E-state index in [1.54, 1.807) is 0 Å². The van der Waals surface area contributed by atoms with Crippen LogP contribution in [0.5, 0.6) is 0 Å². The first-order valence-corrected chi connectivity index (χ1v) is 6.02.